The van der Waals surface area contributed by atoms with E-state index in [-0.39, 0.29) is 43.4 Å². The molecular formula is C28H39ClN4O5S. The van der Waals surface area contributed by atoms with Gasteiger partial charge in [-0.2, -0.15) is 4.31 Å². The highest BCUT2D eigenvalue weighted by atomic mass is 35.5. The first-order valence-electron chi connectivity index (χ1n) is 13.3. The van der Waals surface area contributed by atoms with Gasteiger partial charge in [0.15, 0.2) is 0 Å². The Hall–Kier alpha value is -2.66. The van der Waals surface area contributed by atoms with Crippen LogP contribution in [-0.4, -0.2) is 86.2 Å². The minimum atomic E-state index is -3.61. The summed E-state index contributed by atoms with van der Waals surface area (Å²) in [6, 6.07) is 16.7. The average Bonchev–Trinajstić information content (AvgIpc) is 2.93. The monoisotopic (exact) mass is 578 g/mol. The Morgan fingerprint density at radius 2 is 1.77 bits per heavy atom. The number of carbonyl (C=O) groups excluding carboxylic acids is 2. The average molecular weight is 579 g/mol. The van der Waals surface area contributed by atoms with Crippen LogP contribution in [0.25, 0.3) is 0 Å². The molecule has 0 bridgehead atoms. The number of rotatable bonds is 13. The highest BCUT2D eigenvalue weighted by molar-refractivity contribution is 7.89. The van der Waals surface area contributed by atoms with Crippen LogP contribution < -0.4 is 5.32 Å². The normalized spacial score (nSPS) is 14.4. The Bertz CT molecular complexity index is 1170. The van der Waals surface area contributed by atoms with E-state index in [1.165, 1.54) is 11.4 Å². The van der Waals surface area contributed by atoms with E-state index in [2.05, 4.69) is 5.32 Å². The van der Waals surface area contributed by atoms with Gasteiger partial charge < -0.3 is 19.9 Å². The van der Waals surface area contributed by atoms with Crippen molar-refractivity contribution in [3.05, 3.63) is 70.7 Å². The van der Waals surface area contributed by atoms with Crippen LogP contribution in [0.5, 0.6) is 0 Å². The number of halogens is 1. The second kappa shape index (κ2) is 15.2. The molecule has 2 aromatic carbocycles. The van der Waals surface area contributed by atoms with Gasteiger partial charge in [-0.05, 0) is 42.5 Å². The molecule has 0 spiro atoms. The molecule has 9 nitrogen and oxygen atoms in total. The van der Waals surface area contributed by atoms with E-state index in [9.17, 15) is 18.0 Å². The second-order valence-corrected chi connectivity index (χ2v) is 12.2. The molecule has 3 amide bonds. The van der Waals surface area contributed by atoms with Crippen molar-refractivity contribution < 1.29 is 22.7 Å². The quantitative estimate of drug-likeness (QED) is 0.390. The lowest BCUT2D eigenvalue weighted by atomic mass is 10.0. The van der Waals surface area contributed by atoms with Gasteiger partial charge in [-0.1, -0.05) is 61.0 Å². The molecule has 11 heteroatoms. The summed E-state index contributed by atoms with van der Waals surface area (Å²) in [5.41, 5.74) is 1.88. The lowest BCUT2D eigenvalue weighted by Crippen LogP contribution is -2.53. The first-order chi connectivity index (χ1) is 18.7. The predicted octanol–water partition coefficient (Wildman–Crippen LogP) is 3.73. The summed E-state index contributed by atoms with van der Waals surface area (Å²) in [4.78, 5) is 30.0. The fraction of sp³-hybridized carbons (Fsp3) is 0.500. The van der Waals surface area contributed by atoms with Crippen LogP contribution in [-0.2, 0) is 32.6 Å². The van der Waals surface area contributed by atoms with E-state index in [1.54, 1.807) is 22.8 Å². The maximum absolute atomic E-state index is 13.7. The maximum Gasteiger partial charge on any atom is 0.317 e. The van der Waals surface area contributed by atoms with Crippen molar-refractivity contribution in [1.82, 2.24) is 19.4 Å². The smallest absolute Gasteiger partial charge is 0.317 e. The van der Waals surface area contributed by atoms with Gasteiger partial charge in [0.2, 0.25) is 15.9 Å². The number of hydrogen-bond acceptors (Lipinski definition) is 5. The zero-order chi connectivity index (χ0) is 28.3. The van der Waals surface area contributed by atoms with E-state index < -0.39 is 10.0 Å². The molecule has 1 saturated heterocycles. The van der Waals surface area contributed by atoms with E-state index in [1.807, 2.05) is 48.5 Å². The standard InChI is InChI=1S/C28H39ClN4O5S/c1-3-18-39(36,37)32(16-17-38-2)22-27(34)33(21-24-10-7-11-25(29)19-24)26-12-14-31(15-13-26)28(35)30-20-23-8-5-4-6-9-23/h4-11,19,26H,3,12-18,20-22H2,1-2H3,(H,30,35). The summed E-state index contributed by atoms with van der Waals surface area (Å²) in [6.45, 7) is 3.57. The van der Waals surface area contributed by atoms with E-state index in [0.29, 0.717) is 50.5 Å². The van der Waals surface area contributed by atoms with Crippen molar-refractivity contribution in [2.75, 3.05) is 45.6 Å². The molecule has 214 valence electrons. The number of ether oxygens (including phenoxy) is 1. The first kappa shape index (κ1) is 30.9. The number of methoxy groups -OCH3 is 1. The number of nitrogens with zero attached hydrogens (tertiary/aromatic N) is 3. The van der Waals surface area contributed by atoms with Crippen LogP contribution in [0.3, 0.4) is 0 Å². The summed E-state index contributed by atoms with van der Waals surface area (Å²) < 4.78 is 32.1. The highest BCUT2D eigenvalue weighted by Gasteiger charge is 2.32. The third-order valence-corrected chi connectivity index (χ3v) is 9.01. The minimum absolute atomic E-state index is 0.0330. The van der Waals surface area contributed by atoms with Gasteiger partial charge in [0, 0.05) is 50.9 Å². The molecule has 2 aromatic rings. The van der Waals surface area contributed by atoms with Gasteiger partial charge in [-0.25, -0.2) is 13.2 Å². The minimum Gasteiger partial charge on any atom is -0.383 e. The lowest BCUT2D eigenvalue weighted by Gasteiger charge is -2.39. The van der Waals surface area contributed by atoms with Gasteiger partial charge in [-0.3, -0.25) is 4.79 Å². The maximum atomic E-state index is 13.7. The predicted molar refractivity (Wildman–Crippen MR) is 153 cm³/mol. The van der Waals surface area contributed by atoms with Gasteiger partial charge in [0.25, 0.3) is 0 Å². The van der Waals surface area contributed by atoms with Crippen molar-refractivity contribution in [3.63, 3.8) is 0 Å². The zero-order valence-electron chi connectivity index (χ0n) is 22.7. The zero-order valence-corrected chi connectivity index (χ0v) is 24.3. The van der Waals surface area contributed by atoms with Crippen LogP contribution in [0.1, 0.15) is 37.3 Å². The number of amides is 3. The molecular weight excluding hydrogens is 540 g/mol. The number of nitrogens with one attached hydrogen (secondary N) is 1. The third-order valence-electron chi connectivity index (χ3n) is 6.75. The van der Waals surface area contributed by atoms with E-state index in [0.717, 1.165) is 11.1 Å². The van der Waals surface area contributed by atoms with Gasteiger partial charge in [0.05, 0.1) is 18.9 Å². The first-order valence-corrected chi connectivity index (χ1v) is 15.3. The Morgan fingerprint density at radius 3 is 2.41 bits per heavy atom. The van der Waals surface area contributed by atoms with Crippen LogP contribution in [0.15, 0.2) is 54.6 Å². The number of hydrogen-bond donors (Lipinski definition) is 1. The van der Waals surface area contributed by atoms with Crippen molar-refractivity contribution in [2.45, 2.75) is 45.3 Å². The molecule has 39 heavy (non-hydrogen) atoms. The lowest BCUT2D eigenvalue weighted by molar-refractivity contribution is -0.135. The summed E-state index contributed by atoms with van der Waals surface area (Å²) in [6.07, 6.45) is 1.63. The second-order valence-electron chi connectivity index (χ2n) is 9.66. The SMILES string of the molecule is CCCS(=O)(=O)N(CCOC)CC(=O)N(Cc1cccc(Cl)c1)C1CCN(C(=O)NCc2ccccc2)CC1. The fourth-order valence-electron chi connectivity index (χ4n) is 4.66. The largest absolute Gasteiger partial charge is 0.383 e. The summed E-state index contributed by atoms with van der Waals surface area (Å²) >= 11 is 6.20. The molecule has 0 unspecified atom stereocenters. The Kier molecular flexibility index (Phi) is 12.0. The number of piperidine rings is 1. The molecule has 1 aliphatic rings. The van der Waals surface area contributed by atoms with Crippen LogP contribution in [0, 0.1) is 0 Å². The molecule has 0 aliphatic carbocycles. The number of urea groups is 1. The Morgan fingerprint density at radius 1 is 1.08 bits per heavy atom. The molecule has 1 aliphatic heterocycles. The van der Waals surface area contributed by atoms with Crippen molar-refractivity contribution >= 4 is 33.6 Å². The van der Waals surface area contributed by atoms with Crippen LogP contribution in [0.2, 0.25) is 5.02 Å². The summed E-state index contributed by atoms with van der Waals surface area (Å²) in [5, 5.41) is 3.53. The van der Waals surface area contributed by atoms with Crippen LogP contribution in [0.4, 0.5) is 4.79 Å². The number of carbonyl (C=O) groups is 2. The number of benzene rings is 2. The van der Waals surface area contributed by atoms with Gasteiger partial charge >= 0.3 is 6.03 Å². The van der Waals surface area contributed by atoms with E-state index in [4.69, 9.17) is 16.3 Å². The molecule has 0 atom stereocenters. The van der Waals surface area contributed by atoms with E-state index >= 15 is 0 Å². The van der Waals surface area contributed by atoms with Gasteiger partial charge in [-0.15, -0.1) is 0 Å². The van der Waals surface area contributed by atoms with Crippen molar-refractivity contribution in [1.29, 1.82) is 0 Å². The summed E-state index contributed by atoms with van der Waals surface area (Å²) in [7, 11) is -2.11. The molecule has 0 aromatic heterocycles. The van der Waals surface area contributed by atoms with Crippen molar-refractivity contribution in [3.8, 4) is 0 Å². The third kappa shape index (κ3) is 9.49. The molecule has 1 N–H and O–H groups in total. The van der Waals surface area contributed by atoms with Gasteiger partial charge in [0.1, 0.15) is 0 Å². The summed E-state index contributed by atoms with van der Waals surface area (Å²) in [5.74, 6) is -0.313. The number of likely N-dealkylation sites (tertiary alicyclic amines) is 1. The van der Waals surface area contributed by atoms with Crippen molar-refractivity contribution in [2.24, 2.45) is 0 Å². The molecule has 3 rings (SSSR count). The topological polar surface area (TPSA) is 99.3 Å². The molecule has 0 saturated carbocycles. The fourth-order valence-corrected chi connectivity index (χ4v) is 6.30. The molecule has 0 radical (unpaired) electrons. The number of sulfonamides is 1. The molecule has 1 fully saturated rings. The Labute approximate surface area is 237 Å². The Balaban J connectivity index is 1.70. The van der Waals surface area contributed by atoms with Crippen LogP contribution >= 0.6 is 11.6 Å². The molecule has 1 heterocycles. The highest BCUT2D eigenvalue weighted by Crippen LogP contribution is 2.22.